The summed E-state index contributed by atoms with van der Waals surface area (Å²) in [5, 5.41) is 7.73. The number of hydrogen-bond acceptors (Lipinski definition) is 4. The van der Waals surface area contributed by atoms with Gasteiger partial charge in [-0.25, -0.2) is 4.68 Å². The first-order chi connectivity index (χ1) is 16.1. The van der Waals surface area contributed by atoms with Crippen LogP contribution in [0.25, 0.3) is 0 Å². The maximum absolute atomic E-state index is 13.3. The van der Waals surface area contributed by atoms with Crippen molar-refractivity contribution in [2.24, 2.45) is 5.92 Å². The molecular formula is C26H28N4O3. The Hall–Kier alpha value is -3.61. The number of fused-ring (bicyclic) bond motifs is 1. The highest BCUT2D eigenvalue weighted by molar-refractivity contribution is 6.04. The van der Waals surface area contributed by atoms with E-state index in [9.17, 15) is 9.59 Å². The molecule has 1 aliphatic heterocycles. The minimum absolute atomic E-state index is 0.0777. The van der Waals surface area contributed by atoms with Gasteiger partial charge in [0.05, 0.1) is 31.0 Å². The number of nitrogens with one attached hydrogen (secondary N) is 1. The molecule has 170 valence electrons. The second kappa shape index (κ2) is 8.73. The van der Waals surface area contributed by atoms with Crippen LogP contribution in [0.4, 0.5) is 11.5 Å². The van der Waals surface area contributed by atoms with Crippen molar-refractivity contribution in [2.75, 3.05) is 23.9 Å². The maximum atomic E-state index is 13.3. The lowest BCUT2D eigenvalue weighted by Gasteiger charge is -2.27. The number of hydrogen-bond donors (Lipinski definition) is 1. The molecule has 1 saturated heterocycles. The van der Waals surface area contributed by atoms with Crippen molar-refractivity contribution in [1.29, 1.82) is 0 Å². The van der Waals surface area contributed by atoms with Crippen LogP contribution in [0, 0.1) is 12.8 Å². The molecule has 1 N–H and O–H groups in total. The number of amides is 2. The van der Waals surface area contributed by atoms with Crippen molar-refractivity contribution >= 4 is 23.3 Å². The minimum atomic E-state index is -0.441. The molecule has 33 heavy (non-hydrogen) atoms. The van der Waals surface area contributed by atoms with Gasteiger partial charge in [0.15, 0.2) is 0 Å². The van der Waals surface area contributed by atoms with E-state index in [-0.39, 0.29) is 24.3 Å². The van der Waals surface area contributed by atoms with Crippen molar-refractivity contribution < 1.29 is 14.3 Å². The number of benzene rings is 2. The standard InChI is InChI=1S/C26H28N4O3/c1-17-15-27-30(21-12-7-9-18-8-3-4-10-20(18)21)25(17)28-26(32)19-14-24(31)29(16-19)22-11-5-6-13-23(22)33-2/h3-6,8,10-11,13,15,19,21H,7,9,12,14,16H2,1-2H3,(H,28,32). The zero-order valence-electron chi connectivity index (χ0n) is 19.0. The SMILES string of the molecule is COc1ccccc1N1CC(C(=O)Nc2c(C)cnn2C2CCCc3ccccc32)CC1=O. The quantitative estimate of drug-likeness (QED) is 0.642. The van der Waals surface area contributed by atoms with Gasteiger partial charge >= 0.3 is 0 Å². The Balaban J connectivity index is 1.37. The van der Waals surface area contributed by atoms with E-state index in [1.165, 1.54) is 11.1 Å². The Morgan fingerprint density at radius 3 is 2.79 bits per heavy atom. The zero-order chi connectivity index (χ0) is 22.9. The first kappa shape index (κ1) is 21.2. The summed E-state index contributed by atoms with van der Waals surface area (Å²) in [6.07, 6.45) is 5.10. The Kier molecular flexibility index (Phi) is 5.62. The summed E-state index contributed by atoms with van der Waals surface area (Å²) in [7, 11) is 1.58. The first-order valence-corrected chi connectivity index (χ1v) is 11.4. The average Bonchev–Trinajstić information content (AvgIpc) is 3.41. The zero-order valence-corrected chi connectivity index (χ0v) is 19.0. The van der Waals surface area contributed by atoms with Gasteiger partial charge in [0, 0.05) is 18.5 Å². The molecule has 0 radical (unpaired) electrons. The molecule has 2 aliphatic rings. The number of rotatable bonds is 5. The average molecular weight is 445 g/mol. The molecule has 2 amide bonds. The molecule has 0 bridgehead atoms. The largest absolute Gasteiger partial charge is 0.495 e. The summed E-state index contributed by atoms with van der Waals surface area (Å²) in [6.45, 7) is 2.28. The third-order valence-electron chi connectivity index (χ3n) is 6.72. The molecule has 0 spiro atoms. The number of aryl methyl sites for hydroxylation is 2. The van der Waals surface area contributed by atoms with Crippen LogP contribution in [-0.2, 0) is 16.0 Å². The van der Waals surface area contributed by atoms with Crippen LogP contribution in [-0.4, -0.2) is 35.2 Å². The van der Waals surface area contributed by atoms with Crippen molar-refractivity contribution in [3.63, 3.8) is 0 Å². The van der Waals surface area contributed by atoms with Crippen molar-refractivity contribution in [1.82, 2.24) is 9.78 Å². The van der Waals surface area contributed by atoms with E-state index in [0.29, 0.717) is 23.8 Å². The predicted molar refractivity (Wildman–Crippen MR) is 127 cm³/mol. The van der Waals surface area contributed by atoms with E-state index in [1.807, 2.05) is 35.9 Å². The normalized spacial score (nSPS) is 19.9. The molecule has 2 unspecified atom stereocenters. The fraction of sp³-hybridized carbons (Fsp3) is 0.346. The number of methoxy groups -OCH3 is 1. The summed E-state index contributed by atoms with van der Waals surface area (Å²) < 4.78 is 7.35. The molecule has 1 aliphatic carbocycles. The van der Waals surface area contributed by atoms with E-state index in [2.05, 4.69) is 34.7 Å². The highest BCUT2D eigenvalue weighted by Crippen LogP contribution is 2.36. The third-order valence-corrected chi connectivity index (χ3v) is 6.72. The first-order valence-electron chi connectivity index (χ1n) is 11.4. The van der Waals surface area contributed by atoms with Crippen LogP contribution >= 0.6 is 0 Å². The van der Waals surface area contributed by atoms with Crippen molar-refractivity contribution in [2.45, 2.75) is 38.6 Å². The Morgan fingerprint density at radius 2 is 1.94 bits per heavy atom. The molecule has 2 atom stereocenters. The maximum Gasteiger partial charge on any atom is 0.230 e. The monoisotopic (exact) mass is 444 g/mol. The molecule has 2 heterocycles. The summed E-state index contributed by atoms with van der Waals surface area (Å²) in [5.41, 5.74) is 4.21. The van der Waals surface area contributed by atoms with E-state index < -0.39 is 5.92 Å². The van der Waals surface area contributed by atoms with E-state index in [4.69, 9.17) is 4.74 Å². The van der Waals surface area contributed by atoms with Crippen LogP contribution in [0.3, 0.4) is 0 Å². The van der Waals surface area contributed by atoms with Crippen LogP contribution in [0.5, 0.6) is 5.75 Å². The summed E-state index contributed by atoms with van der Waals surface area (Å²) in [4.78, 5) is 27.7. The van der Waals surface area contributed by atoms with Crippen LogP contribution in [0.1, 0.15) is 42.0 Å². The van der Waals surface area contributed by atoms with E-state index in [0.717, 1.165) is 24.8 Å². The summed E-state index contributed by atoms with van der Waals surface area (Å²) in [6, 6.07) is 15.9. The molecule has 0 saturated carbocycles. The van der Waals surface area contributed by atoms with Gasteiger partial charge in [0.25, 0.3) is 0 Å². The van der Waals surface area contributed by atoms with Gasteiger partial charge < -0.3 is 15.0 Å². The fourth-order valence-corrected chi connectivity index (χ4v) is 5.01. The number of nitrogens with zero attached hydrogens (tertiary/aromatic N) is 3. The molecule has 2 aromatic carbocycles. The van der Waals surface area contributed by atoms with Gasteiger partial charge in [-0.1, -0.05) is 36.4 Å². The molecule has 3 aromatic rings. The second-order valence-electron chi connectivity index (χ2n) is 8.79. The smallest absolute Gasteiger partial charge is 0.230 e. The van der Waals surface area contributed by atoms with Crippen molar-refractivity contribution in [3.05, 3.63) is 71.4 Å². The summed E-state index contributed by atoms with van der Waals surface area (Å²) >= 11 is 0. The Labute approximate surface area is 193 Å². The van der Waals surface area contributed by atoms with Gasteiger partial charge in [0.1, 0.15) is 11.6 Å². The van der Waals surface area contributed by atoms with Gasteiger partial charge in [-0.2, -0.15) is 5.10 Å². The van der Waals surface area contributed by atoms with E-state index in [1.54, 1.807) is 18.2 Å². The lowest BCUT2D eigenvalue weighted by atomic mass is 9.88. The Morgan fingerprint density at radius 1 is 1.15 bits per heavy atom. The fourth-order valence-electron chi connectivity index (χ4n) is 5.01. The topological polar surface area (TPSA) is 76.5 Å². The van der Waals surface area contributed by atoms with Crippen LogP contribution < -0.4 is 15.0 Å². The van der Waals surface area contributed by atoms with Gasteiger partial charge in [-0.15, -0.1) is 0 Å². The molecule has 7 heteroatoms. The van der Waals surface area contributed by atoms with Crippen molar-refractivity contribution in [3.8, 4) is 5.75 Å². The molecule has 5 rings (SSSR count). The second-order valence-corrected chi connectivity index (χ2v) is 8.79. The van der Waals surface area contributed by atoms with Gasteiger partial charge in [-0.3, -0.25) is 9.59 Å². The minimum Gasteiger partial charge on any atom is -0.495 e. The number of aromatic nitrogens is 2. The molecular weight excluding hydrogens is 416 g/mol. The predicted octanol–water partition coefficient (Wildman–Crippen LogP) is 4.12. The number of ether oxygens (including phenoxy) is 1. The lowest BCUT2D eigenvalue weighted by molar-refractivity contribution is -0.122. The lowest BCUT2D eigenvalue weighted by Crippen LogP contribution is -2.30. The molecule has 1 aromatic heterocycles. The number of anilines is 2. The van der Waals surface area contributed by atoms with Crippen LogP contribution in [0.15, 0.2) is 54.7 Å². The Bertz CT molecular complexity index is 1200. The van der Waals surface area contributed by atoms with Gasteiger partial charge in [0.2, 0.25) is 11.8 Å². The van der Waals surface area contributed by atoms with Crippen LogP contribution in [0.2, 0.25) is 0 Å². The highest BCUT2D eigenvalue weighted by atomic mass is 16.5. The molecule has 1 fully saturated rings. The number of para-hydroxylation sites is 2. The van der Waals surface area contributed by atoms with Gasteiger partial charge in [-0.05, 0) is 49.4 Å². The number of carbonyl (C=O) groups excluding carboxylic acids is 2. The third kappa shape index (κ3) is 3.88. The summed E-state index contributed by atoms with van der Waals surface area (Å²) in [5.74, 6) is 0.659. The molecule has 7 nitrogen and oxygen atoms in total. The number of carbonyl (C=O) groups is 2. The highest BCUT2D eigenvalue weighted by Gasteiger charge is 2.37. The van der Waals surface area contributed by atoms with E-state index >= 15 is 0 Å².